The first-order valence-corrected chi connectivity index (χ1v) is 11.1. The minimum absolute atomic E-state index is 0.0799. The van der Waals surface area contributed by atoms with Crippen molar-refractivity contribution in [3.05, 3.63) is 63.0 Å². The third kappa shape index (κ3) is 3.22. The molecule has 0 spiro atoms. The molecule has 4 heterocycles. The van der Waals surface area contributed by atoms with Gasteiger partial charge in [0, 0.05) is 37.2 Å². The number of benzene rings is 1. The van der Waals surface area contributed by atoms with Gasteiger partial charge in [0.25, 0.3) is 5.56 Å². The summed E-state index contributed by atoms with van der Waals surface area (Å²) in [6, 6.07) is 14.1. The molecule has 7 nitrogen and oxygen atoms in total. The second kappa shape index (κ2) is 7.80. The quantitative estimate of drug-likeness (QED) is 0.596. The Morgan fingerprint density at radius 1 is 1.22 bits per heavy atom. The number of hydrogen-bond donors (Lipinski definition) is 0. The average molecular weight is 450 g/mol. The molecule has 0 amide bonds. The largest absolute Gasteiger partial charge is 0.484 e. The first-order valence-electron chi connectivity index (χ1n) is 10.7. The van der Waals surface area contributed by atoms with Gasteiger partial charge in [0.15, 0.2) is 0 Å². The molecule has 1 aromatic carbocycles. The maximum atomic E-state index is 13.0. The summed E-state index contributed by atoms with van der Waals surface area (Å²) >= 11 is 6.07. The number of anilines is 1. The summed E-state index contributed by atoms with van der Waals surface area (Å²) in [7, 11) is 1.71. The SMILES string of the molecule is CC(c1ccc(Cl)cc1)N1C[C@H]2COc3c(c4nc(C#N)ccc4n(C)c3=O)N2C[C@H]1C. The van der Waals surface area contributed by atoms with E-state index in [0.29, 0.717) is 34.8 Å². The Morgan fingerprint density at radius 3 is 2.69 bits per heavy atom. The van der Waals surface area contributed by atoms with Gasteiger partial charge in [0.1, 0.15) is 29.6 Å². The molecule has 0 saturated carbocycles. The zero-order chi connectivity index (χ0) is 22.6. The van der Waals surface area contributed by atoms with Crippen molar-refractivity contribution in [1.29, 1.82) is 5.26 Å². The molecule has 1 unspecified atom stereocenters. The molecule has 2 aliphatic heterocycles. The van der Waals surface area contributed by atoms with Gasteiger partial charge in [-0.15, -0.1) is 0 Å². The smallest absolute Gasteiger partial charge is 0.295 e. The van der Waals surface area contributed by atoms with E-state index in [9.17, 15) is 10.1 Å². The third-order valence-electron chi connectivity index (χ3n) is 6.73. The van der Waals surface area contributed by atoms with Crippen molar-refractivity contribution in [1.82, 2.24) is 14.5 Å². The lowest BCUT2D eigenvalue weighted by Crippen LogP contribution is -2.61. The van der Waals surface area contributed by atoms with Crippen molar-refractivity contribution in [3.63, 3.8) is 0 Å². The van der Waals surface area contributed by atoms with Gasteiger partial charge in [-0.2, -0.15) is 5.26 Å². The number of pyridine rings is 2. The molecule has 1 fully saturated rings. The Hall–Kier alpha value is -3.08. The zero-order valence-electron chi connectivity index (χ0n) is 18.2. The molecular formula is C24H24ClN5O2. The van der Waals surface area contributed by atoms with Crippen LogP contribution < -0.4 is 15.2 Å². The molecule has 0 aliphatic carbocycles. The summed E-state index contributed by atoms with van der Waals surface area (Å²) < 4.78 is 7.58. The summed E-state index contributed by atoms with van der Waals surface area (Å²) in [5, 5.41) is 10.1. The molecule has 5 rings (SSSR count). The predicted molar refractivity (Wildman–Crippen MR) is 124 cm³/mol. The second-order valence-electron chi connectivity index (χ2n) is 8.61. The first kappa shape index (κ1) is 20.8. The number of piperazine rings is 1. The summed E-state index contributed by atoms with van der Waals surface area (Å²) in [6.07, 6.45) is 0. The molecule has 8 heteroatoms. The van der Waals surface area contributed by atoms with Crippen LogP contribution in [0.25, 0.3) is 11.0 Å². The summed E-state index contributed by atoms with van der Waals surface area (Å²) in [4.78, 5) is 22.3. The highest BCUT2D eigenvalue weighted by molar-refractivity contribution is 6.30. The lowest BCUT2D eigenvalue weighted by molar-refractivity contribution is 0.0917. The Labute approximate surface area is 191 Å². The Balaban J connectivity index is 1.55. The minimum Gasteiger partial charge on any atom is -0.484 e. The van der Waals surface area contributed by atoms with Crippen LogP contribution in [0, 0.1) is 11.3 Å². The molecule has 3 aromatic rings. The van der Waals surface area contributed by atoms with Gasteiger partial charge in [-0.05, 0) is 43.7 Å². The van der Waals surface area contributed by atoms with Crippen molar-refractivity contribution < 1.29 is 4.74 Å². The number of nitrogens with zero attached hydrogens (tertiary/aromatic N) is 5. The highest BCUT2D eigenvalue weighted by Gasteiger charge is 2.40. The van der Waals surface area contributed by atoms with E-state index < -0.39 is 0 Å². The number of ether oxygens (including phenoxy) is 1. The lowest BCUT2D eigenvalue weighted by Gasteiger charge is -2.50. The zero-order valence-corrected chi connectivity index (χ0v) is 19.0. The molecule has 2 aliphatic rings. The number of rotatable bonds is 2. The van der Waals surface area contributed by atoms with Crippen LogP contribution in [0.15, 0.2) is 41.2 Å². The topological polar surface area (TPSA) is 74.4 Å². The van der Waals surface area contributed by atoms with Crippen molar-refractivity contribution in [3.8, 4) is 11.8 Å². The summed E-state index contributed by atoms with van der Waals surface area (Å²) in [5.74, 6) is 0.324. The normalized spacial score (nSPS) is 21.4. The van der Waals surface area contributed by atoms with E-state index in [1.54, 1.807) is 23.7 Å². The van der Waals surface area contributed by atoms with Crippen LogP contribution >= 0.6 is 11.6 Å². The van der Waals surface area contributed by atoms with Crippen molar-refractivity contribution >= 4 is 28.3 Å². The maximum absolute atomic E-state index is 13.0. The number of nitriles is 1. The molecule has 32 heavy (non-hydrogen) atoms. The van der Waals surface area contributed by atoms with E-state index in [4.69, 9.17) is 16.3 Å². The highest BCUT2D eigenvalue weighted by atomic mass is 35.5. The minimum atomic E-state index is -0.179. The molecule has 2 aromatic heterocycles. The van der Waals surface area contributed by atoms with Gasteiger partial charge in [-0.3, -0.25) is 9.69 Å². The van der Waals surface area contributed by atoms with E-state index in [2.05, 4.69) is 46.8 Å². The molecule has 0 radical (unpaired) electrons. The number of fused-ring (bicyclic) bond motifs is 5. The van der Waals surface area contributed by atoms with Gasteiger partial charge in [-0.1, -0.05) is 23.7 Å². The van der Waals surface area contributed by atoms with Crippen LogP contribution in [0.5, 0.6) is 5.75 Å². The fraction of sp³-hybridized carbons (Fsp3) is 0.375. The van der Waals surface area contributed by atoms with Crippen LogP contribution in [0.4, 0.5) is 5.69 Å². The molecule has 0 bridgehead atoms. The molecule has 3 atom stereocenters. The fourth-order valence-electron chi connectivity index (χ4n) is 4.96. The van der Waals surface area contributed by atoms with Crippen molar-refractivity contribution in [2.45, 2.75) is 32.0 Å². The Bertz CT molecular complexity index is 1300. The van der Waals surface area contributed by atoms with Crippen LogP contribution in [0.1, 0.15) is 31.1 Å². The van der Waals surface area contributed by atoms with E-state index in [0.717, 1.165) is 18.1 Å². The van der Waals surface area contributed by atoms with Crippen LogP contribution in [-0.2, 0) is 7.05 Å². The van der Waals surface area contributed by atoms with Gasteiger partial charge in [-0.25, -0.2) is 4.98 Å². The monoisotopic (exact) mass is 449 g/mol. The maximum Gasteiger partial charge on any atom is 0.295 e. The van der Waals surface area contributed by atoms with E-state index >= 15 is 0 Å². The van der Waals surface area contributed by atoms with Crippen LogP contribution in [0.3, 0.4) is 0 Å². The van der Waals surface area contributed by atoms with E-state index in [-0.39, 0.29) is 23.7 Å². The van der Waals surface area contributed by atoms with Gasteiger partial charge < -0.3 is 14.2 Å². The Kier molecular flexibility index (Phi) is 5.07. The third-order valence-corrected chi connectivity index (χ3v) is 6.99. The number of aromatic nitrogens is 2. The standard InChI is InChI=1S/C24H24ClN5O2/c1-14-11-30-19(12-29(14)15(2)16-4-6-17(25)7-5-16)13-32-23-22(30)21-20(28(3)24(23)31)9-8-18(10-26)27-21/h4-9,14-15,19H,11-13H2,1-3H3/t14-,15?,19+/m1/s1. The lowest BCUT2D eigenvalue weighted by atomic mass is 9.99. The van der Waals surface area contributed by atoms with Gasteiger partial charge in [0.05, 0.1) is 11.6 Å². The number of halogens is 1. The summed E-state index contributed by atoms with van der Waals surface area (Å²) in [6.45, 7) is 6.37. The first-order chi connectivity index (χ1) is 15.4. The summed E-state index contributed by atoms with van der Waals surface area (Å²) in [5.41, 5.74) is 3.40. The van der Waals surface area contributed by atoms with Crippen molar-refractivity contribution in [2.24, 2.45) is 7.05 Å². The molecule has 164 valence electrons. The fourth-order valence-corrected chi connectivity index (χ4v) is 5.08. The predicted octanol–water partition coefficient (Wildman–Crippen LogP) is 3.49. The second-order valence-corrected chi connectivity index (χ2v) is 9.04. The van der Waals surface area contributed by atoms with Gasteiger partial charge in [0.2, 0.25) is 5.75 Å². The van der Waals surface area contributed by atoms with Crippen LogP contribution in [0.2, 0.25) is 5.02 Å². The molecule has 1 saturated heterocycles. The van der Waals surface area contributed by atoms with Crippen LogP contribution in [-0.4, -0.2) is 46.2 Å². The molecule has 0 N–H and O–H groups in total. The van der Waals surface area contributed by atoms with Crippen molar-refractivity contribution in [2.75, 3.05) is 24.6 Å². The van der Waals surface area contributed by atoms with E-state index in [1.165, 1.54) is 5.56 Å². The number of hydrogen-bond acceptors (Lipinski definition) is 6. The Morgan fingerprint density at radius 2 is 1.97 bits per heavy atom. The van der Waals surface area contributed by atoms with E-state index in [1.807, 2.05) is 12.1 Å². The highest BCUT2D eigenvalue weighted by Crippen LogP contribution is 2.40. The molecular weight excluding hydrogens is 426 g/mol. The number of aryl methyl sites for hydroxylation is 1. The van der Waals surface area contributed by atoms with Gasteiger partial charge >= 0.3 is 0 Å². The average Bonchev–Trinajstić information content (AvgIpc) is 2.81.